The molecule has 1 saturated heterocycles. The van der Waals surface area contributed by atoms with E-state index in [-0.39, 0.29) is 11.5 Å². The Balaban J connectivity index is 2.39. The van der Waals surface area contributed by atoms with E-state index < -0.39 is 24.1 Å². The Morgan fingerprint density at radius 1 is 1.31 bits per heavy atom. The van der Waals surface area contributed by atoms with E-state index in [9.17, 15) is 9.18 Å². The maximum atomic E-state index is 14.3. The van der Waals surface area contributed by atoms with Crippen LogP contribution in [-0.2, 0) is 20.5 Å². The fourth-order valence-corrected chi connectivity index (χ4v) is 3.05. The Kier molecular flexibility index (Phi) is 6.33. The molecule has 1 aromatic carbocycles. The molecule has 2 rings (SSSR count). The van der Waals surface area contributed by atoms with Crippen molar-refractivity contribution in [1.82, 2.24) is 0 Å². The summed E-state index contributed by atoms with van der Waals surface area (Å²) in [7, 11) is -0.661. The van der Waals surface area contributed by atoms with Gasteiger partial charge < -0.3 is 9.31 Å². The number of carbonyl (C=O) groups is 1. The molecule has 7 heteroatoms. The first kappa shape index (κ1) is 20.7. The maximum absolute atomic E-state index is 14.3. The van der Waals surface area contributed by atoms with Gasteiger partial charge in [0.2, 0.25) is 0 Å². The van der Waals surface area contributed by atoms with Gasteiger partial charge >= 0.3 is 7.12 Å². The number of benzene rings is 1. The van der Waals surface area contributed by atoms with E-state index in [1.165, 1.54) is 13.0 Å². The number of nitrogens with zero attached hydrogens (tertiary/aromatic N) is 1. The summed E-state index contributed by atoms with van der Waals surface area (Å²) in [5.41, 5.74) is 0.702. The number of hydrogen-bond acceptors (Lipinski definition) is 5. The van der Waals surface area contributed by atoms with E-state index >= 15 is 0 Å². The minimum absolute atomic E-state index is 0.0360. The highest BCUT2D eigenvalue weighted by Gasteiger charge is 2.52. The fraction of sp³-hybridized carbons (Fsp3) is 0.474. The molecule has 1 heterocycles. The molecular formula is C19H23BFNO3S. The van der Waals surface area contributed by atoms with E-state index in [2.05, 4.69) is 6.07 Å². The lowest BCUT2D eigenvalue weighted by Crippen LogP contribution is -2.41. The second-order valence-electron chi connectivity index (χ2n) is 7.28. The van der Waals surface area contributed by atoms with Gasteiger partial charge in [-0.1, -0.05) is 23.9 Å². The topological polar surface area (TPSA) is 59.3 Å². The predicted molar refractivity (Wildman–Crippen MR) is 103 cm³/mol. The Morgan fingerprint density at radius 2 is 1.92 bits per heavy atom. The van der Waals surface area contributed by atoms with Gasteiger partial charge in [0.25, 0.3) is 0 Å². The Bertz CT molecular complexity index is 755. The predicted octanol–water partition coefficient (Wildman–Crippen LogP) is 4.19. The lowest BCUT2D eigenvalue weighted by atomic mass is 9.78. The van der Waals surface area contributed by atoms with Gasteiger partial charge in [0.15, 0.2) is 5.12 Å². The molecular weight excluding hydrogens is 352 g/mol. The quantitative estimate of drug-likeness (QED) is 0.723. The van der Waals surface area contributed by atoms with Crippen LogP contribution in [0.2, 0.25) is 0 Å². The van der Waals surface area contributed by atoms with Crippen LogP contribution in [-0.4, -0.2) is 29.2 Å². The second kappa shape index (κ2) is 7.95. The lowest BCUT2D eigenvalue weighted by molar-refractivity contribution is -0.109. The number of rotatable bonds is 5. The van der Waals surface area contributed by atoms with E-state index in [1.54, 1.807) is 18.2 Å². The summed E-state index contributed by atoms with van der Waals surface area (Å²) in [5, 5.41) is 8.82. The van der Waals surface area contributed by atoms with Crippen molar-refractivity contribution in [3.8, 4) is 6.07 Å². The maximum Gasteiger partial charge on any atom is 0.491 e. The van der Waals surface area contributed by atoms with Crippen LogP contribution >= 0.6 is 11.8 Å². The number of carbonyl (C=O) groups excluding carboxylic acids is 1. The van der Waals surface area contributed by atoms with Gasteiger partial charge in [-0.3, -0.25) is 4.79 Å². The van der Waals surface area contributed by atoms with E-state index in [1.807, 2.05) is 27.7 Å². The Morgan fingerprint density at radius 3 is 2.46 bits per heavy atom. The van der Waals surface area contributed by atoms with Crippen LogP contribution in [0.1, 0.15) is 45.7 Å². The van der Waals surface area contributed by atoms with E-state index in [0.29, 0.717) is 16.8 Å². The summed E-state index contributed by atoms with van der Waals surface area (Å²) in [6.45, 7) is 9.25. The molecule has 0 bridgehead atoms. The average Bonchev–Trinajstić information content (AvgIpc) is 2.74. The van der Waals surface area contributed by atoms with Crippen molar-refractivity contribution in [2.24, 2.45) is 0 Å². The van der Waals surface area contributed by atoms with Crippen LogP contribution in [0.4, 0.5) is 4.39 Å². The summed E-state index contributed by atoms with van der Waals surface area (Å²) in [4.78, 5) is 11.4. The molecule has 1 aliphatic rings. The first-order valence-corrected chi connectivity index (χ1v) is 9.39. The Hall–Kier alpha value is -1.62. The third-order valence-electron chi connectivity index (χ3n) is 4.68. The molecule has 0 aliphatic carbocycles. The highest BCUT2D eigenvalue weighted by Crippen LogP contribution is 2.39. The highest BCUT2D eigenvalue weighted by molar-refractivity contribution is 8.13. The molecule has 0 atom stereocenters. The third-order valence-corrected chi connectivity index (χ3v) is 5.57. The number of thioether (sulfide) groups is 1. The van der Waals surface area contributed by atoms with Gasteiger partial charge in [-0.25, -0.2) is 4.39 Å². The van der Waals surface area contributed by atoms with E-state index in [0.717, 1.165) is 17.3 Å². The summed E-state index contributed by atoms with van der Waals surface area (Å²) in [6.07, 6.45) is 1.86. The zero-order valence-corrected chi connectivity index (χ0v) is 16.6. The van der Waals surface area contributed by atoms with Crippen LogP contribution in [0.3, 0.4) is 0 Å². The van der Waals surface area contributed by atoms with Gasteiger partial charge in [-0.05, 0) is 50.9 Å². The van der Waals surface area contributed by atoms with Crippen molar-refractivity contribution < 1.29 is 18.5 Å². The van der Waals surface area contributed by atoms with Gasteiger partial charge in [0.05, 0.1) is 23.7 Å². The molecule has 0 saturated carbocycles. The number of hydrogen-bond donors (Lipinski definition) is 0. The zero-order valence-electron chi connectivity index (χ0n) is 15.8. The Labute approximate surface area is 158 Å². The molecule has 0 radical (unpaired) electrons. The van der Waals surface area contributed by atoms with Crippen molar-refractivity contribution in [3.63, 3.8) is 0 Å². The van der Waals surface area contributed by atoms with Crippen molar-refractivity contribution in [3.05, 3.63) is 40.6 Å². The fourth-order valence-electron chi connectivity index (χ4n) is 2.46. The summed E-state index contributed by atoms with van der Waals surface area (Å²) in [6, 6.07) is 6.64. The molecule has 0 unspecified atom stereocenters. The molecule has 0 aromatic heterocycles. The number of halogens is 1. The van der Waals surface area contributed by atoms with Crippen molar-refractivity contribution in [2.75, 3.05) is 5.75 Å². The molecule has 0 N–H and O–H groups in total. The van der Waals surface area contributed by atoms with Gasteiger partial charge in [-0.15, -0.1) is 0 Å². The zero-order chi connectivity index (χ0) is 19.5. The van der Waals surface area contributed by atoms with Crippen LogP contribution in [0.5, 0.6) is 0 Å². The lowest BCUT2D eigenvalue weighted by Gasteiger charge is -2.32. The summed E-state index contributed by atoms with van der Waals surface area (Å²) < 4.78 is 26.4. The molecule has 0 spiro atoms. The molecule has 1 fully saturated rings. The normalized spacial score (nSPS) is 18.7. The molecule has 1 aliphatic heterocycles. The molecule has 138 valence electrons. The largest absolute Gasteiger partial charge is 0.491 e. The smallest absolute Gasteiger partial charge is 0.400 e. The van der Waals surface area contributed by atoms with Crippen LogP contribution in [0.15, 0.2) is 23.7 Å². The molecule has 1 aromatic rings. The number of nitriles is 1. The summed E-state index contributed by atoms with van der Waals surface area (Å²) >= 11 is 1.12. The monoisotopic (exact) mass is 375 g/mol. The first-order chi connectivity index (χ1) is 12.1. The van der Waals surface area contributed by atoms with Gasteiger partial charge in [-0.2, -0.15) is 5.26 Å². The van der Waals surface area contributed by atoms with Crippen LogP contribution < -0.4 is 0 Å². The van der Waals surface area contributed by atoms with Crippen LogP contribution in [0, 0.1) is 17.1 Å². The third kappa shape index (κ3) is 4.76. The average molecular weight is 375 g/mol. The van der Waals surface area contributed by atoms with Crippen molar-refractivity contribution >= 4 is 30.1 Å². The minimum Gasteiger partial charge on any atom is -0.400 e. The van der Waals surface area contributed by atoms with Gasteiger partial charge in [0.1, 0.15) is 5.82 Å². The minimum atomic E-state index is -0.661. The first-order valence-electron chi connectivity index (χ1n) is 8.40. The second-order valence-corrected chi connectivity index (χ2v) is 8.43. The van der Waals surface area contributed by atoms with E-state index in [4.69, 9.17) is 14.6 Å². The molecule has 26 heavy (non-hydrogen) atoms. The van der Waals surface area contributed by atoms with Crippen LogP contribution in [0.25, 0.3) is 6.08 Å². The standard InChI is InChI=1S/C19H23BFNO3S/c1-13(23)26-12-16(20-24-18(2,3)19(4,5)25-20)11-15-10-14(8-9-22)6-7-17(15)21/h6-7,10-11H,8,12H2,1-5H3. The molecule has 4 nitrogen and oxygen atoms in total. The van der Waals surface area contributed by atoms with Gasteiger partial charge in [0, 0.05) is 18.2 Å². The SMILES string of the molecule is CC(=O)SCC(=Cc1cc(CC#N)ccc1F)B1OC(C)(C)C(C)(C)O1. The van der Waals surface area contributed by atoms with Crippen molar-refractivity contribution in [1.29, 1.82) is 5.26 Å². The summed E-state index contributed by atoms with van der Waals surface area (Å²) in [5.74, 6) is -0.0535. The van der Waals surface area contributed by atoms with Crippen molar-refractivity contribution in [2.45, 2.75) is 52.2 Å². The highest BCUT2D eigenvalue weighted by atomic mass is 32.2. The molecule has 0 amide bonds.